The highest BCUT2D eigenvalue weighted by atomic mass is 35.5. The van der Waals surface area contributed by atoms with Gasteiger partial charge in [-0.25, -0.2) is 0 Å². The van der Waals surface area contributed by atoms with Gasteiger partial charge in [-0.3, -0.25) is 0 Å². The number of hydrogen-bond donors (Lipinski definition) is 1. The second-order valence-electron chi connectivity index (χ2n) is 5.90. The average Bonchev–Trinajstić information content (AvgIpc) is 2.48. The molecule has 0 radical (unpaired) electrons. The van der Waals surface area contributed by atoms with Crippen LogP contribution in [0.2, 0.25) is 5.02 Å². The van der Waals surface area contributed by atoms with Crippen LogP contribution in [0.25, 0.3) is 0 Å². The highest BCUT2D eigenvalue weighted by Gasteiger charge is 2.25. The van der Waals surface area contributed by atoms with Gasteiger partial charge in [0.15, 0.2) is 0 Å². The normalized spacial score (nSPS) is 17.9. The maximum Gasteiger partial charge on any atom is 0.0406 e. The first-order chi connectivity index (χ1) is 10.3. The summed E-state index contributed by atoms with van der Waals surface area (Å²) in [6.45, 7) is 3.30. The second-order valence-corrected chi connectivity index (χ2v) is 6.34. The van der Waals surface area contributed by atoms with Crippen molar-refractivity contribution in [1.82, 2.24) is 5.32 Å². The number of halogens is 1. The van der Waals surface area contributed by atoms with Crippen LogP contribution in [0, 0.1) is 0 Å². The zero-order valence-corrected chi connectivity index (χ0v) is 13.2. The van der Waals surface area contributed by atoms with E-state index in [0.717, 1.165) is 18.0 Å². The predicted octanol–water partition coefficient (Wildman–Crippen LogP) is 5.11. The summed E-state index contributed by atoms with van der Waals surface area (Å²) in [7, 11) is 0. The maximum atomic E-state index is 5.99. The summed E-state index contributed by atoms with van der Waals surface area (Å²) in [5, 5.41) is 4.56. The molecule has 1 N–H and O–H groups in total. The molecule has 2 atom stereocenters. The van der Waals surface area contributed by atoms with Crippen molar-refractivity contribution in [2.75, 3.05) is 6.54 Å². The van der Waals surface area contributed by atoms with Crippen molar-refractivity contribution >= 4 is 11.6 Å². The van der Waals surface area contributed by atoms with E-state index in [0.29, 0.717) is 12.0 Å². The quantitative estimate of drug-likeness (QED) is 0.781. The summed E-state index contributed by atoms with van der Waals surface area (Å²) in [6.07, 6.45) is 3.56. The molecule has 1 aliphatic carbocycles. The minimum Gasteiger partial charge on any atom is -0.309 e. The molecule has 2 aromatic rings. The molecule has 2 unspecified atom stereocenters. The van der Waals surface area contributed by atoms with Crippen LogP contribution in [0.3, 0.4) is 0 Å². The van der Waals surface area contributed by atoms with Gasteiger partial charge in [-0.1, -0.05) is 61.3 Å². The number of hydrogen-bond acceptors (Lipinski definition) is 1. The fourth-order valence-corrected chi connectivity index (χ4v) is 3.33. The third-order valence-electron chi connectivity index (χ3n) is 4.42. The first kappa shape index (κ1) is 14.6. The summed E-state index contributed by atoms with van der Waals surface area (Å²) in [6, 6.07) is 17.5. The van der Waals surface area contributed by atoms with E-state index in [1.165, 1.54) is 29.5 Å². The van der Waals surface area contributed by atoms with E-state index in [9.17, 15) is 0 Å². The second kappa shape index (κ2) is 6.64. The molecule has 21 heavy (non-hydrogen) atoms. The number of benzene rings is 2. The van der Waals surface area contributed by atoms with Gasteiger partial charge in [-0.15, -0.1) is 0 Å². The van der Waals surface area contributed by atoms with E-state index in [1.807, 2.05) is 12.1 Å². The van der Waals surface area contributed by atoms with Crippen LogP contribution in [0.5, 0.6) is 0 Å². The molecular weight excluding hydrogens is 278 g/mol. The van der Waals surface area contributed by atoms with Crippen molar-refractivity contribution in [2.45, 2.75) is 38.1 Å². The lowest BCUT2D eigenvalue weighted by atomic mass is 9.77. The summed E-state index contributed by atoms with van der Waals surface area (Å²) in [5.41, 5.74) is 4.38. The van der Waals surface area contributed by atoms with Gasteiger partial charge in [-0.2, -0.15) is 0 Å². The molecule has 110 valence electrons. The Morgan fingerprint density at radius 2 is 1.90 bits per heavy atom. The van der Waals surface area contributed by atoms with E-state index in [1.54, 1.807) is 0 Å². The minimum absolute atomic E-state index is 0.431. The Kier molecular flexibility index (Phi) is 4.62. The van der Waals surface area contributed by atoms with Crippen molar-refractivity contribution in [3.8, 4) is 0 Å². The van der Waals surface area contributed by atoms with Gasteiger partial charge in [-0.05, 0) is 41.7 Å². The standard InChI is InChI=1S/C19H22ClN/c1-2-5-19(14-8-10-17(20)11-9-14)21-13-16-12-15-6-3-4-7-18(15)16/h3-4,6-11,16,19,21H,2,5,12-13H2,1H3. The molecule has 0 saturated carbocycles. The number of rotatable bonds is 6. The van der Waals surface area contributed by atoms with Gasteiger partial charge in [0.05, 0.1) is 0 Å². The Labute approximate surface area is 132 Å². The summed E-state index contributed by atoms with van der Waals surface area (Å²) in [5.74, 6) is 0.674. The van der Waals surface area contributed by atoms with Gasteiger partial charge < -0.3 is 5.32 Å². The monoisotopic (exact) mass is 299 g/mol. The van der Waals surface area contributed by atoms with Crippen LogP contribution in [0.15, 0.2) is 48.5 Å². The third-order valence-corrected chi connectivity index (χ3v) is 4.67. The molecule has 2 heteroatoms. The highest BCUT2D eigenvalue weighted by Crippen LogP contribution is 2.34. The zero-order chi connectivity index (χ0) is 14.7. The minimum atomic E-state index is 0.431. The van der Waals surface area contributed by atoms with Gasteiger partial charge in [0.1, 0.15) is 0 Å². The summed E-state index contributed by atoms with van der Waals surface area (Å²) in [4.78, 5) is 0. The maximum absolute atomic E-state index is 5.99. The molecule has 0 amide bonds. The SMILES string of the molecule is CCCC(NCC1Cc2ccccc21)c1ccc(Cl)cc1. The summed E-state index contributed by atoms with van der Waals surface area (Å²) >= 11 is 5.99. The first-order valence-electron chi connectivity index (χ1n) is 7.84. The Bertz CT molecular complexity index is 591. The lowest BCUT2D eigenvalue weighted by molar-refractivity contribution is 0.447. The van der Waals surface area contributed by atoms with Crippen LogP contribution in [-0.4, -0.2) is 6.54 Å². The third kappa shape index (κ3) is 3.30. The average molecular weight is 300 g/mol. The molecule has 1 aliphatic rings. The molecule has 0 heterocycles. The van der Waals surface area contributed by atoms with Gasteiger partial charge in [0.2, 0.25) is 0 Å². The molecule has 0 spiro atoms. The Balaban J connectivity index is 1.63. The summed E-state index contributed by atoms with van der Waals surface area (Å²) < 4.78 is 0. The van der Waals surface area contributed by atoms with Crippen molar-refractivity contribution in [2.24, 2.45) is 0 Å². The molecule has 2 aromatic carbocycles. The molecule has 0 aliphatic heterocycles. The van der Waals surface area contributed by atoms with Gasteiger partial charge in [0, 0.05) is 23.5 Å². The molecular formula is C19H22ClN. The van der Waals surface area contributed by atoms with Gasteiger partial charge in [0.25, 0.3) is 0 Å². The Morgan fingerprint density at radius 3 is 2.62 bits per heavy atom. The molecule has 0 fully saturated rings. The van der Waals surface area contributed by atoms with Crippen molar-refractivity contribution < 1.29 is 0 Å². The number of fused-ring (bicyclic) bond motifs is 1. The fraction of sp³-hybridized carbons (Fsp3) is 0.368. The van der Waals surface area contributed by atoms with Crippen LogP contribution in [0.4, 0.5) is 0 Å². The molecule has 0 bridgehead atoms. The lowest BCUT2D eigenvalue weighted by Crippen LogP contribution is -2.31. The highest BCUT2D eigenvalue weighted by molar-refractivity contribution is 6.30. The van der Waals surface area contributed by atoms with Crippen molar-refractivity contribution in [1.29, 1.82) is 0 Å². The Morgan fingerprint density at radius 1 is 1.14 bits per heavy atom. The fourth-order valence-electron chi connectivity index (χ4n) is 3.20. The largest absolute Gasteiger partial charge is 0.309 e. The van der Waals surface area contributed by atoms with E-state index >= 15 is 0 Å². The molecule has 0 saturated heterocycles. The van der Waals surface area contributed by atoms with Crippen molar-refractivity contribution in [3.63, 3.8) is 0 Å². The lowest BCUT2D eigenvalue weighted by Gasteiger charge is -2.32. The van der Waals surface area contributed by atoms with E-state index in [4.69, 9.17) is 11.6 Å². The molecule has 3 rings (SSSR count). The van der Waals surface area contributed by atoms with E-state index in [-0.39, 0.29) is 0 Å². The van der Waals surface area contributed by atoms with Crippen LogP contribution in [0.1, 0.15) is 48.4 Å². The topological polar surface area (TPSA) is 12.0 Å². The predicted molar refractivity (Wildman–Crippen MR) is 90.0 cm³/mol. The van der Waals surface area contributed by atoms with E-state index in [2.05, 4.69) is 48.6 Å². The molecule has 1 nitrogen and oxygen atoms in total. The van der Waals surface area contributed by atoms with Gasteiger partial charge >= 0.3 is 0 Å². The first-order valence-corrected chi connectivity index (χ1v) is 8.22. The number of nitrogens with one attached hydrogen (secondary N) is 1. The Hall–Kier alpha value is -1.31. The van der Waals surface area contributed by atoms with Crippen molar-refractivity contribution in [3.05, 3.63) is 70.2 Å². The van der Waals surface area contributed by atoms with Crippen LogP contribution in [-0.2, 0) is 6.42 Å². The molecule has 0 aromatic heterocycles. The van der Waals surface area contributed by atoms with Crippen LogP contribution < -0.4 is 5.32 Å². The van der Waals surface area contributed by atoms with E-state index < -0.39 is 0 Å². The zero-order valence-electron chi connectivity index (χ0n) is 12.5. The van der Waals surface area contributed by atoms with Crippen LogP contribution >= 0.6 is 11.6 Å². The smallest absolute Gasteiger partial charge is 0.0406 e.